The first-order valence-electron chi connectivity index (χ1n) is 7.82. The predicted octanol–water partition coefficient (Wildman–Crippen LogP) is 2.06. The van der Waals surface area contributed by atoms with Gasteiger partial charge >= 0.3 is 5.97 Å². The lowest BCUT2D eigenvalue weighted by Gasteiger charge is -2.20. The van der Waals surface area contributed by atoms with Gasteiger partial charge in [-0.3, -0.25) is 9.59 Å². The minimum Gasteiger partial charge on any atom is -0.480 e. The normalized spacial score (nSPS) is 13.0. The number of carbonyl (C=O) groups is 3. The van der Waals surface area contributed by atoms with Crippen LogP contribution in [0.15, 0.2) is 24.3 Å². The third-order valence-electron chi connectivity index (χ3n) is 3.69. The molecule has 0 heterocycles. The van der Waals surface area contributed by atoms with E-state index in [1.165, 1.54) is 6.07 Å². The Kier molecular flexibility index (Phi) is 7.25. The molecule has 0 aromatic heterocycles. The van der Waals surface area contributed by atoms with Crippen molar-refractivity contribution in [2.24, 2.45) is 5.92 Å². The van der Waals surface area contributed by atoms with Gasteiger partial charge in [0, 0.05) is 17.7 Å². The van der Waals surface area contributed by atoms with Gasteiger partial charge in [0.2, 0.25) is 0 Å². The van der Waals surface area contributed by atoms with Gasteiger partial charge in [0.05, 0.1) is 0 Å². The molecule has 2 amide bonds. The number of amides is 2. The fraction of sp³-hybridized carbons (Fsp3) is 0.471. The van der Waals surface area contributed by atoms with Gasteiger partial charge in [-0.15, -0.1) is 0 Å². The topological polar surface area (TPSA) is 95.5 Å². The summed E-state index contributed by atoms with van der Waals surface area (Å²) in [5, 5.41) is 14.5. The molecule has 126 valence electrons. The van der Waals surface area contributed by atoms with Crippen LogP contribution in [0.1, 0.15) is 54.3 Å². The number of benzene rings is 1. The Hall–Kier alpha value is -2.37. The van der Waals surface area contributed by atoms with Crippen molar-refractivity contribution in [1.82, 2.24) is 10.6 Å². The van der Waals surface area contributed by atoms with Gasteiger partial charge in [-0.05, 0) is 30.5 Å². The number of hydrogen-bond acceptors (Lipinski definition) is 3. The maximum absolute atomic E-state index is 12.3. The number of carboxylic acid groups (broad SMARTS) is 1. The molecule has 0 fully saturated rings. The van der Waals surface area contributed by atoms with Crippen molar-refractivity contribution >= 4 is 17.8 Å². The summed E-state index contributed by atoms with van der Waals surface area (Å²) in [5.74, 6) is -2.00. The fourth-order valence-corrected chi connectivity index (χ4v) is 2.05. The smallest absolute Gasteiger partial charge is 0.326 e. The van der Waals surface area contributed by atoms with Crippen LogP contribution in [0.3, 0.4) is 0 Å². The van der Waals surface area contributed by atoms with Gasteiger partial charge in [0.1, 0.15) is 6.04 Å². The molecular formula is C17H24N2O4. The molecule has 23 heavy (non-hydrogen) atoms. The van der Waals surface area contributed by atoms with Gasteiger partial charge in [-0.1, -0.05) is 33.3 Å². The molecule has 0 saturated heterocycles. The number of aliphatic carboxylic acids is 1. The lowest BCUT2D eigenvalue weighted by atomic mass is 9.98. The molecule has 6 nitrogen and oxygen atoms in total. The van der Waals surface area contributed by atoms with Crippen LogP contribution in [0, 0.1) is 5.92 Å². The first-order chi connectivity index (χ1) is 10.9. The average molecular weight is 320 g/mol. The molecule has 0 aliphatic rings. The summed E-state index contributed by atoms with van der Waals surface area (Å²) < 4.78 is 0. The van der Waals surface area contributed by atoms with E-state index in [0.717, 1.165) is 6.42 Å². The minimum absolute atomic E-state index is 0.188. The summed E-state index contributed by atoms with van der Waals surface area (Å²) in [6.45, 7) is 6.15. The van der Waals surface area contributed by atoms with Crippen molar-refractivity contribution in [1.29, 1.82) is 0 Å². The van der Waals surface area contributed by atoms with Crippen LogP contribution < -0.4 is 10.6 Å². The molecule has 0 unspecified atom stereocenters. The van der Waals surface area contributed by atoms with E-state index in [4.69, 9.17) is 0 Å². The SMILES string of the molecule is CCCNC(=O)c1cccc(C(=O)N[C@H](C(=O)O)[C@@H](C)CC)c1. The average Bonchev–Trinajstić information content (AvgIpc) is 2.56. The summed E-state index contributed by atoms with van der Waals surface area (Å²) in [4.78, 5) is 35.5. The van der Waals surface area contributed by atoms with Crippen molar-refractivity contribution in [3.63, 3.8) is 0 Å². The van der Waals surface area contributed by atoms with E-state index in [0.29, 0.717) is 18.5 Å². The molecule has 0 aliphatic heterocycles. The zero-order valence-corrected chi connectivity index (χ0v) is 13.8. The van der Waals surface area contributed by atoms with E-state index in [-0.39, 0.29) is 17.4 Å². The Morgan fingerprint density at radius 3 is 2.26 bits per heavy atom. The third-order valence-corrected chi connectivity index (χ3v) is 3.69. The van der Waals surface area contributed by atoms with Gasteiger partial charge < -0.3 is 15.7 Å². The second kappa shape index (κ2) is 8.92. The van der Waals surface area contributed by atoms with Crippen molar-refractivity contribution in [3.05, 3.63) is 35.4 Å². The molecule has 1 rings (SSSR count). The molecular weight excluding hydrogens is 296 g/mol. The quantitative estimate of drug-likeness (QED) is 0.683. The zero-order valence-electron chi connectivity index (χ0n) is 13.8. The van der Waals surface area contributed by atoms with Crippen molar-refractivity contribution in [2.45, 2.75) is 39.7 Å². The molecule has 0 bridgehead atoms. The number of hydrogen-bond donors (Lipinski definition) is 3. The van der Waals surface area contributed by atoms with E-state index in [2.05, 4.69) is 10.6 Å². The van der Waals surface area contributed by atoms with E-state index in [1.807, 2.05) is 13.8 Å². The van der Waals surface area contributed by atoms with Crippen LogP contribution in [-0.2, 0) is 4.79 Å². The summed E-state index contributed by atoms with van der Waals surface area (Å²) in [5.41, 5.74) is 0.644. The van der Waals surface area contributed by atoms with E-state index in [1.54, 1.807) is 25.1 Å². The maximum atomic E-state index is 12.3. The van der Waals surface area contributed by atoms with Crippen LogP contribution in [0.5, 0.6) is 0 Å². The predicted molar refractivity (Wildman–Crippen MR) is 87.4 cm³/mol. The van der Waals surface area contributed by atoms with Crippen LogP contribution in [0.4, 0.5) is 0 Å². The Labute approximate surface area is 136 Å². The highest BCUT2D eigenvalue weighted by Crippen LogP contribution is 2.11. The van der Waals surface area contributed by atoms with Gasteiger partial charge in [0.25, 0.3) is 11.8 Å². The number of carbonyl (C=O) groups excluding carboxylic acids is 2. The van der Waals surface area contributed by atoms with Gasteiger partial charge in [0.15, 0.2) is 0 Å². The molecule has 0 aliphatic carbocycles. The van der Waals surface area contributed by atoms with Gasteiger partial charge in [-0.2, -0.15) is 0 Å². The Morgan fingerprint density at radius 1 is 1.13 bits per heavy atom. The minimum atomic E-state index is -1.07. The second-order valence-corrected chi connectivity index (χ2v) is 5.51. The molecule has 0 radical (unpaired) electrons. The number of rotatable bonds is 8. The summed E-state index contributed by atoms with van der Waals surface area (Å²) in [6.07, 6.45) is 1.46. The highest BCUT2D eigenvalue weighted by molar-refractivity contribution is 6.00. The van der Waals surface area contributed by atoms with Crippen molar-refractivity contribution in [3.8, 4) is 0 Å². The summed E-state index contributed by atoms with van der Waals surface area (Å²) in [6, 6.07) is 5.29. The summed E-state index contributed by atoms with van der Waals surface area (Å²) in [7, 11) is 0. The largest absolute Gasteiger partial charge is 0.480 e. The Morgan fingerprint density at radius 2 is 1.74 bits per heavy atom. The zero-order chi connectivity index (χ0) is 17.4. The molecule has 0 saturated carbocycles. The first kappa shape index (κ1) is 18.7. The summed E-state index contributed by atoms with van der Waals surface area (Å²) >= 11 is 0. The lowest BCUT2D eigenvalue weighted by molar-refractivity contribution is -0.140. The second-order valence-electron chi connectivity index (χ2n) is 5.51. The Balaban J connectivity index is 2.87. The van der Waals surface area contributed by atoms with Crippen LogP contribution >= 0.6 is 0 Å². The lowest BCUT2D eigenvalue weighted by Crippen LogP contribution is -2.45. The molecule has 1 aromatic rings. The van der Waals surface area contributed by atoms with E-state index >= 15 is 0 Å². The van der Waals surface area contributed by atoms with Crippen molar-refractivity contribution < 1.29 is 19.5 Å². The highest BCUT2D eigenvalue weighted by atomic mass is 16.4. The third kappa shape index (κ3) is 5.39. The molecule has 6 heteroatoms. The monoisotopic (exact) mass is 320 g/mol. The van der Waals surface area contributed by atoms with Gasteiger partial charge in [-0.25, -0.2) is 4.79 Å². The van der Waals surface area contributed by atoms with Crippen LogP contribution in [-0.4, -0.2) is 35.5 Å². The van der Waals surface area contributed by atoms with Crippen LogP contribution in [0.25, 0.3) is 0 Å². The molecule has 2 atom stereocenters. The van der Waals surface area contributed by atoms with Crippen molar-refractivity contribution in [2.75, 3.05) is 6.54 Å². The molecule has 1 aromatic carbocycles. The van der Waals surface area contributed by atoms with E-state index in [9.17, 15) is 19.5 Å². The standard InChI is InChI=1S/C17H24N2O4/c1-4-9-18-15(20)12-7-6-8-13(10-12)16(21)19-14(17(22)23)11(3)5-2/h6-8,10-11,14H,4-5,9H2,1-3H3,(H,18,20)(H,19,21)(H,22,23)/t11-,14-/m0/s1. The number of nitrogens with one attached hydrogen (secondary N) is 2. The van der Waals surface area contributed by atoms with Crippen LogP contribution in [0.2, 0.25) is 0 Å². The highest BCUT2D eigenvalue weighted by Gasteiger charge is 2.25. The molecule has 0 spiro atoms. The Bertz CT molecular complexity index is 571. The molecule has 3 N–H and O–H groups in total. The fourth-order valence-electron chi connectivity index (χ4n) is 2.05. The first-order valence-corrected chi connectivity index (χ1v) is 7.82. The number of carboxylic acids is 1. The van der Waals surface area contributed by atoms with E-state index < -0.39 is 17.9 Å². The maximum Gasteiger partial charge on any atom is 0.326 e.